The maximum absolute atomic E-state index is 5.21. The van der Waals surface area contributed by atoms with Crippen LogP contribution in [0.2, 0.25) is 0 Å². The van der Waals surface area contributed by atoms with Crippen LogP contribution in [0.4, 0.5) is 17.5 Å². The standard InChI is InChI=1S/C27H32N4/c1-6-30(25-18(3)15-17(2)16-19(25)4)27-28-20(5)22-13-14-31(26(22)29-27)24-12-11-21-9-7-8-10-23(21)24/h7-10,15-16,24H,6,11-14H2,1-5H3. The third-order valence-electron chi connectivity index (χ3n) is 7.00. The Morgan fingerprint density at radius 3 is 2.48 bits per heavy atom. The van der Waals surface area contributed by atoms with Crippen LogP contribution in [0.5, 0.6) is 0 Å². The number of hydrogen-bond donors (Lipinski definition) is 0. The van der Waals surface area contributed by atoms with Crippen molar-refractivity contribution in [3.05, 3.63) is 75.5 Å². The maximum atomic E-state index is 5.21. The van der Waals surface area contributed by atoms with Gasteiger partial charge < -0.3 is 9.80 Å². The summed E-state index contributed by atoms with van der Waals surface area (Å²) >= 11 is 0. The van der Waals surface area contributed by atoms with E-state index in [4.69, 9.17) is 9.97 Å². The SMILES string of the molecule is CCN(c1nc(C)c2c(n1)N(C1CCc3ccccc31)CC2)c1c(C)cc(C)cc1C. The Balaban J connectivity index is 1.58. The smallest absolute Gasteiger partial charge is 0.232 e. The van der Waals surface area contributed by atoms with Crippen molar-refractivity contribution in [3.8, 4) is 0 Å². The molecule has 0 radical (unpaired) electrons. The Morgan fingerprint density at radius 2 is 1.74 bits per heavy atom. The second-order valence-electron chi connectivity index (χ2n) is 9.10. The zero-order valence-corrected chi connectivity index (χ0v) is 19.4. The molecule has 5 rings (SSSR count). The van der Waals surface area contributed by atoms with Gasteiger partial charge in [0.2, 0.25) is 5.95 Å². The summed E-state index contributed by atoms with van der Waals surface area (Å²) in [7, 11) is 0. The molecule has 1 unspecified atom stereocenters. The van der Waals surface area contributed by atoms with Gasteiger partial charge in [0, 0.05) is 30.0 Å². The van der Waals surface area contributed by atoms with Gasteiger partial charge >= 0.3 is 0 Å². The molecule has 2 aliphatic rings. The summed E-state index contributed by atoms with van der Waals surface area (Å²) in [5.41, 5.74) is 10.5. The molecule has 0 spiro atoms. The van der Waals surface area contributed by atoms with E-state index in [2.05, 4.69) is 80.8 Å². The highest BCUT2D eigenvalue weighted by atomic mass is 15.3. The number of hydrogen-bond acceptors (Lipinski definition) is 4. The van der Waals surface area contributed by atoms with E-state index in [0.717, 1.165) is 43.4 Å². The van der Waals surface area contributed by atoms with Gasteiger partial charge in [-0.05, 0) is 76.1 Å². The van der Waals surface area contributed by atoms with Crippen LogP contribution in [0.3, 0.4) is 0 Å². The van der Waals surface area contributed by atoms with Crippen LogP contribution in [-0.2, 0) is 12.8 Å². The van der Waals surface area contributed by atoms with E-state index in [1.54, 1.807) is 0 Å². The van der Waals surface area contributed by atoms with Gasteiger partial charge in [0.25, 0.3) is 0 Å². The molecule has 1 aliphatic heterocycles. The number of aromatic nitrogens is 2. The van der Waals surface area contributed by atoms with E-state index < -0.39 is 0 Å². The highest BCUT2D eigenvalue weighted by Crippen LogP contribution is 2.43. The average Bonchev–Trinajstić information content (AvgIpc) is 3.34. The van der Waals surface area contributed by atoms with Gasteiger partial charge in [0.1, 0.15) is 5.82 Å². The molecule has 1 aromatic heterocycles. The summed E-state index contributed by atoms with van der Waals surface area (Å²) < 4.78 is 0. The molecule has 31 heavy (non-hydrogen) atoms. The molecule has 2 aromatic carbocycles. The summed E-state index contributed by atoms with van der Waals surface area (Å²) in [6.07, 6.45) is 3.37. The molecular formula is C27H32N4. The Labute approximate surface area is 186 Å². The van der Waals surface area contributed by atoms with Crippen LogP contribution in [0.1, 0.15) is 58.5 Å². The van der Waals surface area contributed by atoms with Crippen molar-refractivity contribution >= 4 is 17.5 Å². The first-order valence-electron chi connectivity index (χ1n) is 11.5. The van der Waals surface area contributed by atoms with Crippen LogP contribution in [0.15, 0.2) is 36.4 Å². The minimum atomic E-state index is 0.428. The third kappa shape index (κ3) is 3.29. The lowest BCUT2D eigenvalue weighted by Gasteiger charge is -2.29. The number of fused-ring (bicyclic) bond motifs is 2. The van der Waals surface area contributed by atoms with E-state index in [-0.39, 0.29) is 0 Å². The van der Waals surface area contributed by atoms with Crippen molar-refractivity contribution in [1.82, 2.24) is 9.97 Å². The normalized spacial score (nSPS) is 17.1. The minimum Gasteiger partial charge on any atom is -0.349 e. The van der Waals surface area contributed by atoms with Crippen LogP contribution in [0.25, 0.3) is 0 Å². The number of rotatable bonds is 4. The number of nitrogens with zero attached hydrogens (tertiary/aromatic N) is 4. The lowest BCUT2D eigenvalue weighted by atomic mass is 10.0. The van der Waals surface area contributed by atoms with Crippen LogP contribution >= 0.6 is 0 Å². The van der Waals surface area contributed by atoms with Crippen molar-refractivity contribution < 1.29 is 0 Å². The molecule has 0 N–H and O–H groups in total. The monoisotopic (exact) mass is 412 g/mol. The van der Waals surface area contributed by atoms with E-state index in [0.29, 0.717) is 6.04 Å². The summed E-state index contributed by atoms with van der Waals surface area (Å²) in [4.78, 5) is 15.0. The molecule has 160 valence electrons. The molecule has 0 bridgehead atoms. The largest absolute Gasteiger partial charge is 0.349 e. The molecule has 4 heteroatoms. The zero-order chi connectivity index (χ0) is 21.7. The Morgan fingerprint density at radius 1 is 1.00 bits per heavy atom. The second-order valence-corrected chi connectivity index (χ2v) is 9.10. The summed E-state index contributed by atoms with van der Waals surface area (Å²) in [6.45, 7) is 12.8. The van der Waals surface area contributed by atoms with Gasteiger partial charge in [-0.25, -0.2) is 4.98 Å². The lowest BCUT2D eigenvalue weighted by Crippen LogP contribution is -2.27. The van der Waals surface area contributed by atoms with Crippen molar-refractivity contribution in [2.45, 2.75) is 59.9 Å². The fourth-order valence-corrected chi connectivity index (χ4v) is 5.72. The molecule has 1 atom stereocenters. The van der Waals surface area contributed by atoms with E-state index in [1.165, 1.54) is 45.5 Å². The predicted octanol–water partition coefficient (Wildman–Crippen LogP) is 5.92. The molecule has 0 saturated heterocycles. The Kier molecular flexibility index (Phi) is 4.96. The van der Waals surface area contributed by atoms with Gasteiger partial charge in [-0.15, -0.1) is 0 Å². The predicted molar refractivity (Wildman–Crippen MR) is 129 cm³/mol. The van der Waals surface area contributed by atoms with Crippen molar-refractivity contribution in [1.29, 1.82) is 0 Å². The molecule has 2 heterocycles. The first-order chi connectivity index (χ1) is 15.0. The Hall–Kier alpha value is -2.88. The number of anilines is 3. The molecule has 3 aromatic rings. The molecule has 0 fully saturated rings. The fraction of sp³-hybridized carbons (Fsp3) is 0.407. The topological polar surface area (TPSA) is 32.3 Å². The van der Waals surface area contributed by atoms with Crippen LogP contribution in [-0.4, -0.2) is 23.1 Å². The van der Waals surface area contributed by atoms with Crippen LogP contribution in [0, 0.1) is 27.7 Å². The van der Waals surface area contributed by atoms with Gasteiger partial charge in [-0.3, -0.25) is 0 Å². The van der Waals surface area contributed by atoms with E-state index >= 15 is 0 Å². The molecular weight excluding hydrogens is 380 g/mol. The fourth-order valence-electron chi connectivity index (χ4n) is 5.72. The summed E-state index contributed by atoms with van der Waals surface area (Å²) in [5.74, 6) is 1.97. The first-order valence-corrected chi connectivity index (χ1v) is 11.5. The van der Waals surface area contributed by atoms with Gasteiger partial charge in [0.05, 0.1) is 6.04 Å². The van der Waals surface area contributed by atoms with Crippen molar-refractivity contribution in [2.24, 2.45) is 0 Å². The zero-order valence-electron chi connectivity index (χ0n) is 19.4. The quantitative estimate of drug-likeness (QED) is 0.532. The van der Waals surface area contributed by atoms with E-state index in [1.807, 2.05) is 0 Å². The van der Waals surface area contributed by atoms with Crippen molar-refractivity contribution in [3.63, 3.8) is 0 Å². The number of benzene rings is 2. The molecule has 0 amide bonds. The van der Waals surface area contributed by atoms with Crippen LogP contribution < -0.4 is 9.80 Å². The molecule has 0 saturated carbocycles. The minimum absolute atomic E-state index is 0.428. The van der Waals surface area contributed by atoms with Gasteiger partial charge in [0.15, 0.2) is 0 Å². The summed E-state index contributed by atoms with van der Waals surface area (Å²) in [6, 6.07) is 13.9. The first kappa shape index (κ1) is 20.0. The lowest BCUT2D eigenvalue weighted by molar-refractivity contribution is 0.628. The third-order valence-corrected chi connectivity index (χ3v) is 7.00. The summed E-state index contributed by atoms with van der Waals surface area (Å²) in [5, 5.41) is 0. The van der Waals surface area contributed by atoms with E-state index in [9.17, 15) is 0 Å². The molecule has 1 aliphatic carbocycles. The number of aryl methyl sites for hydroxylation is 5. The van der Waals surface area contributed by atoms with Gasteiger partial charge in [-0.1, -0.05) is 42.0 Å². The molecule has 4 nitrogen and oxygen atoms in total. The van der Waals surface area contributed by atoms with Gasteiger partial charge in [-0.2, -0.15) is 4.98 Å². The van der Waals surface area contributed by atoms with Crippen molar-refractivity contribution in [2.75, 3.05) is 22.9 Å². The average molecular weight is 413 g/mol. The highest BCUT2D eigenvalue weighted by molar-refractivity contribution is 5.69. The Bertz CT molecular complexity index is 1130. The second kappa shape index (κ2) is 7.67. The highest BCUT2D eigenvalue weighted by Gasteiger charge is 2.34. The maximum Gasteiger partial charge on any atom is 0.232 e.